The minimum absolute atomic E-state index is 0.0408. The van der Waals surface area contributed by atoms with Gasteiger partial charge in [-0.25, -0.2) is 0 Å². The van der Waals surface area contributed by atoms with Crippen LogP contribution in [0.4, 0.5) is 0 Å². The van der Waals surface area contributed by atoms with Gasteiger partial charge in [-0.05, 0) is 25.3 Å². The number of rotatable bonds is 1. The molecule has 2 aliphatic heterocycles. The van der Waals surface area contributed by atoms with E-state index in [1.807, 2.05) is 4.90 Å². The maximum atomic E-state index is 12.1. The average Bonchev–Trinajstić information content (AvgIpc) is 2.98. The largest absolute Gasteiger partial charge is 0.337 e. The molecule has 2 saturated heterocycles. The Morgan fingerprint density at radius 2 is 2.50 bits per heavy atom. The average molecular weight is 238 g/mol. The molecule has 1 amide bonds. The first kappa shape index (κ1) is 10.2. The molecule has 0 spiro atoms. The van der Waals surface area contributed by atoms with E-state index in [9.17, 15) is 4.79 Å². The van der Waals surface area contributed by atoms with E-state index in [2.05, 4.69) is 14.1 Å². The molecule has 6 heteroatoms. The molecule has 3 heterocycles. The number of aromatic nitrogens is 2. The van der Waals surface area contributed by atoms with Crippen LogP contribution in [0.1, 0.15) is 23.3 Å². The van der Waals surface area contributed by atoms with Gasteiger partial charge < -0.3 is 10.2 Å². The molecule has 0 saturated carbocycles. The van der Waals surface area contributed by atoms with Crippen molar-refractivity contribution in [2.24, 2.45) is 5.92 Å². The number of piperidine rings is 1. The van der Waals surface area contributed by atoms with Crippen LogP contribution >= 0.6 is 11.7 Å². The van der Waals surface area contributed by atoms with E-state index < -0.39 is 0 Å². The van der Waals surface area contributed by atoms with Crippen LogP contribution in [-0.4, -0.2) is 45.2 Å². The summed E-state index contributed by atoms with van der Waals surface area (Å²) in [4.78, 5) is 14.0. The fraction of sp³-hybridized carbons (Fsp3) is 0.700. The first-order valence-electron chi connectivity index (χ1n) is 5.65. The molecule has 2 aliphatic rings. The molecule has 2 fully saturated rings. The monoisotopic (exact) mass is 238 g/mol. The molecule has 5 nitrogen and oxygen atoms in total. The molecule has 1 N–H and O–H groups in total. The second kappa shape index (κ2) is 4.10. The Bertz CT molecular complexity index is 380. The highest BCUT2D eigenvalue weighted by molar-refractivity contribution is 6.99. The van der Waals surface area contributed by atoms with Crippen molar-refractivity contribution in [2.75, 3.05) is 19.6 Å². The van der Waals surface area contributed by atoms with Gasteiger partial charge >= 0.3 is 0 Å². The molecular weight excluding hydrogens is 224 g/mol. The van der Waals surface area contributed by atoms with Crippen molar-refractivity contribution < 1.29 is 4.79 Å². The Hall–Kier alpha value is -1.01. The van der Waals surface area contributed by atoms with Gasteiger partial charge in [0.15, 0.2) is 5.69 Å². The number of carbonyl (C=O) groups is 1. The molecule has 1 aromatic rings. The number of likely N-dealkylation sites (tertiary alicyclic amines) is 1. The van der Waals surface area contributed by atoms with Crippen LogP contribution in [0.5, 0.6) is 0 Å². The van der Waals surface area contributed by atoms with Gasteiger partial charge in [-0.2, -0.15) is 8.75 Å². The van der Waals surface area contributed by atoms with E-state index in [1.165, 1.54) is 6.42 Å². The van der Waals surface area contributed by atoms with Crippen LogP contribution in [0.25, 0.3) is 0 Å². The molecule has 2 atom stereocenters. The zero-order valence-corrected chi connectivity index (χ0v) is 9.74. The Labute approximate surface area is 98.2 Å². The highest BCUT2D eigenvalue weighted by Crippen LogP contribution is 2.25. The van der Waals surface area contributed by atoms with Gasteiger partial charge in [-0.15, -0.1) is 0 Å². The van der Waals surface area contributed by atoms with Gasteiger partial charge in [0, 0.05) is 19.1 Å². The number of hydrogen-bond donors (Lipinski definition) is 1. The number of hydrogen-bond acceptors (Lipinski definition) is 5. The van der Waals surface area contributed by atoms with Gasteiger partial charge in [0.25, 0.3) is 5.91 Å². The lowest BCUT2D eigenvalue weighted by Crippen LogP contribution is -2.46. The lowest BCUT2D eigenvalue weighted by molar-refractivity contribution is 0.0657. The lowest BCUT2D eigenvalue weighted by atomic mass is 9.93. The summed E-state index contributed by atoms with van der Waals surface area (Å²) in [6, 6.07) is 0.623. The molecule has 0 aromatic carbocycles. The van der Waals surface area contributed by atoms with Crippen LogP contribution in [-0.2, 0) is 0 Å². The quantitative estimate of drug-likeness (QED) is 0.767. The van der Waals surface area contributed by atoms with Crippen molar-refractivity contribution in [3.8, 4) is 0 Å². The van der Waals surface area contributed by atoms with Crippen LogP contribution in [0.2, 0.25) is 0 Å². The van der Waals surface area contributed by atoms with E-state index in [1.54, 1.807) is 6.20 Å². The summed E-state index contributed by atoms with van der Waals surface area (Å²) in [7, 11) is 0. The summed E-state index contributed by atoms with van der Waals surface area (Å²) in [5, 5.41) is 3.49. The maximum Gasteiger partial charge on any atom is 0.275 e. The second-order valence-electron chi connectivity index (χ2n) is 4.44. The molecular formula is C10H14N4OS. The molecule has 2 unspecified atom stereocenters. The summed E-state index contributed by atoms with van der Waals surface area (Å²) in [5.74, 6) is 0.670. The first-order valence-corrected chi connectivity index (χ1v) is 6.38. The fourth-order valence-electron chi connectivity index (χ4n) is 2.65. The van der Waals surface area contributed by atoms with Gasteiger partial charge in [0.2, 0.25) is 0 Å². The Balaban J connectivity index is 1.70. The molecule has 0 bridgehead atoms. The fourth-order valence-corrected chi connectivity index (χ4v) is 3.06. The second-order valence-corrected chi connectivity index (χ2v) is 5.00. The number of fused-ring (bicyclic) bond motifs is 1. The van der Waals surface area contributed by atoms with Crippen molar-refractivity contribution in [3.63, 3.8) is 0 Å². The van der Waals surface area contributed by atoms with E-state index in [-0.39, 0.29) is 5.91 Å². The Morgan fingerprint density at radius 1 is 1.56 bits per heavy atom. The molecule has 3 rings (SSSR count). The molecule has 16 heavy (non-hydrogen) atoms. The summed E-state index contributed by atoms with van der Waals surface area (Å²) in [5.41, 5.74) is 0.495. The third-order valence-electron chi connectivity index (χ3n) is 3.52. The van der Waals surface area contributed by atoms with Gasteiger partial charge in [0.05, 0.1) is 17.9 Å². The van der Waals surface area contributed by atoms with E-state index in [0.717, 1.165) is 37.8 Å². The highest BCUT2D eigenvalue weighted by Gasteiger charge is 2.34. The summed E-state index contributed by atoms with van der Waals surface area (Å²) < 4.78 is 7.88. The van der Waals surface area contributed by atoms with E-state index in [0.29, 0.717) is 17.7 Å². The number of nitrogens with zero attached hydrogens (tertiary/aromatic N) is 3. The lowest BCUT2D eigenvalue weighted by Gasteiger charge is -2.34. The van der Waals surface area contributed by atoms with Gasteiger partial charge in [0.1, 0.15) is 0 Å². The predicted molar refractivity (Wildman–Crippen MR) is 60.3 cm³/mol. The summed E-state index contributed by atoms with van der Waals surface area (Å²) in [6.45, 7) is 2.80. The minimum Gasteiger partial charge on any atom is -0.337 e. The molecule has 86 valence electrons. The van der Waals surface area contributed by atoms with Gasteiger partial charge in [-0.3, -0.25) is 4.79 Å². The molecule has 0 aliphatic carbocycles. The van der Waals surface area contributed by atoms with Crippen LogP contribution in [0.3, 0.4) is 0 Å². The van der Waals surface area contributed by atoms with Crippen molar-refractivity contribution in [3.05, 3.63) is 11.9 Å². The standard InChI is InChI=1S/C10H14N4OS/c15-10(9-5-12-16-13-9)14-4-2-8-7(6-14)1-3-11-8/h5,7-8,11H,1-4,6H2. The minimum atomic E-state index is 0.0408. The summed E-state index contributed by atoms with van der Waals surface area (Å²) in [6.07, 6.45) is 3.81. The zero-order valence-electron chi connectivity index (χ0n) is 8.93. The van der Waals surface area contributed by atoms with Gasteiger partial charge in [-0.1, -0.05) is 0 Å². The number of amides is 1. The normalized spacial score (nSPS) is 29.1. The first-order chi connectivity index (χ1) is 7.84. The van der Waals surface area contributed by atoms with Crippen molar-refractivity contribution in [1.29, 1.82) is 0 Å². The van der Waals surface area contributed by atoms with Crippen molar-refractivity contribution >= 4 is 17.6 Å². The van der Waals surface area contributed by atoms with E-state index >= 15 is 0 Å². The number of carbonyl (C=O) groups excluding carboxylic acids is 1. The van der Waals surface area contributed by atoms with Crippen LogP contribution in [0, 0.1) is 5.92 Å². The van der Waals surface area contributed by atoms with Crippen molar-refractivity contribution in [2.45, 2.75) is 18.9 Å². The zero-order chi connectivity index (χ0) is 11.0. The van der Waals surface area contributed by atoms with Crippen molar-refractivity contribution in [1.82, 2.24) is 19.0 Å². The SMILES string of the molecule is O=C(c1cnsn1)N1CCC2NCCC2C1. The van der Waals surface area contributed by atoms with E-state index in [4.69, 9.17) is 0 Å². The predicted octanol–water partition coefficient (Wildman–Crippen LogP) is 0.362. The summed E-state index contributed by atoms with van der Waals surface area (Å²) >= 11 is 1.09. The smallest absolute Gasteiger partial charge is 0.275 e. The molecule has 0 radical (unpaired) electrons. The third-order valence-corrected chi connectivity index (χ3v) is 4.00. The maximum absolute atomic E-state index is 12.1. The third kappa shape index (κ3) is 1.72. The molecule has 1 aromatic heterocycles. The Morgan fingerprint density at radius 3 is 3.31 bits per heavy atom. The van der Waals surface area contributed by atoms with Crippen LogP contribution < -0.4 is 5.32 Å². The topological polar surface area (TPSA) is 58.1 Å². The highest BCUT2D eigenvalue weighted by atomic mass is 32.1. The Kier molecular flexibility index (Phi) is 2.61. The number of nitrogens with one attached hydrogen (secondary N) is 1. The van der Waals surface area contributed by atoms with Crippen LogP contribution in [0.15, 0.2) is 6.20 Å².